The molecule has 1 saturated heterocycles. The summed E-state index contributed by atoms with van der Waals surface area (Å²) in [5.74, 6) is -3.11. The summed E-state index contributed by atoms with van der Waals surface area (Å²) < 4.78 is 41.8. The van der Waals surface area contributed by atoms with E-state index in [1.807, 2.05) is 0 Å². The Hall–Kier alpha value is -2.45. The van der Waals surface area contributed by atoms with Gasteiger partial charge in [-0.25, -0.2) is 0 Å². The normalized spacial score (nSPS) is 19.1. The summed E-state index contributed by atoms with van der Waals surface area (Å²) in [5, 5.41) is 10.8. The number of hydrogen-bond donors (Lipinski definition) is 0. The maximum Gasteiger partial charge on any atom is 0.416 e. The predicted octanol–water partition coefficient (Wildman–Crippen LogP) is 2.17. The van der Waals surface area contributed by atoms with Crippen LogP contribution in [-0.4, -0.2) is 16.9 Å². The molecular formula is C11H6F3NO5. The molecule has 1 aromatic carbocycles. The molecule has 6 nitrogen and oxygen atoms in total. The van der Waals surface area contributed by atoms with Crippen LogP contribution in [-0.2, 0) is 20.5 Å². The summed E-state index contributed by atoms with van der Waals surface area (Å²) in [6.45, 7) is 0. The van der Waals surface area contributed by atoms with Crippen LogP contribution in [0.2, 0.25) is 0 Å². The van der Waals surface area contributed by atoms with Gasteiger partial charge in [0.25, 0.3) is 5.69 Å². The van der Waals surface area contributed by atoms with Crippen LogP contribution in [0.5, 0.6) is 0 Å². The van der Waals surface area contributed by atoms with E-state index < -0.39 is 46.6 Å². The molecule has 1 aliphatic rings. The maximum atomic E-state index is 12.5. The number of alkyl halides is 3. The Morgan fingerprint density at radius 1 is 1.30 bits per heavy atom. The van der Waals surface area contributed by atoms with Gasteiger partial charge in [0, 0.05) is 11.6 Å². The number of nitro benzene ring substituents is 1. The molecule has 1 atom stereocenters. The third-order valence-corrected chi connectivity index (χ3v) is 2.80. The molecule has 0 saturated carbocycles. The lowest BCUT2D eigenvalue weighted by atomic mass is 9.94. The molecule has 0 N–H and O–H groups in total. The zero-order valence-electron chi connectivity index (χ0n) is 9.64. The Balaban J connectivity index is 2.51. The van der Waals surface area contributed by atoms with E-state index in [4.69, 9.17) is 0 Å². The summed E-state index contributed by atoms with van der Waals surface area (Å²) in [4.78, 5) is 32.1. The van der Waals surface area contributed by atoms with E-state index >= 15 is 0 Å². The molecule has 0 spiro atoms. The van der Waals surface area contributed by atoms with E-state index in [0.717, 1.165) is 6.07 Å². The Morgan fingerprint density at radius 2 is 1.95 bits per heavy atom. The number of ether oxygens (including phenoxy) is 1. The summed E-state index contributed by atoms with van der Waals surface area (Å²) >= 11 is 0. The van der Waals surface area contributed by atoms with Gasteiger partial charge in [0.05, 0.1) is 22.8 Å². The molecule has 0 bridgehead atoms. The highest BCUT2D eigenvalue weighted by Crippen LogP contribution is 2.38. The standard InChI is InChI=1S/C11H6F3NO5/c12-11(13,14)5-1-2-6(8(3-5)15(18)19)7-4-9(16)20-10(7)17/h1-3,7H,4H2. The first-order chi connectivity index (χ1) is 9.20. The fourth-order valence-corrected chi connectivity index (χ4v) is 1.88. The maximum absolute atomic E-state index is 12.5. The van der Waals surface area contributed by atoms with E-state index in [2.05, 4.69) is 4.74 Å². The van der Waals surface area contributed by atoms with Gasteiger partial charge in [-0.1, -0.05) is 6.07 Å². The Morgan fingerprint density at radius 3 is 2.40 bits per heavy atom. The van der Waals surface area contributed by atoms with Gasteiger partial charge in [-0.15, -0.1) is 0 Å². The Labute approximate surface area is 109 Å². The lowest BCUT2D eigenvalue weighted by Crippen LogP contribution is -2.11. The minimum absolute atomic E-state index is 0.265. The molecular weight excluding hydrogens is 283 g/mol. The minimum Gasteiger partial charge on any atom is -0.393 e. The van der Waals surface area contributed by atoms with E-state index in [1.54, 1.807) is 0 Å². The third-order valence-electron chi connectivity index (χ3n) is 2.80. The van der Waals surface area contributed by atoms with E-state index in [1.165, 1.54) is 0 Å². The molecule has 106 valence electrons. The minimum atomic E-state index is -4.74. The topological polar surface area (TPSA) is 86.5 Å². The summed E-state index contributed by atoms with van der Waals surface area (Å²) in [6, 6.07) is 1.79. The summed E-state index contributed by atoms with van der Waals surface area (Å²) in [6.07, 6.45) is -5.17. The smallest absolute Gasteiger partial charge is 0.393 e. The molecule has 1 aliphatic heterocycles. The fraction of sp³-hybridized carbons (Fsp3) is 0.273. The summed E-state index contributed by atoms with van der Waals surface area (Å²) in [7, 11) is 0. The van der Waals surface area contributed by atoms with Crippen LogP contribution in [0.25, 0.3) is 0 Å². The first-order valence-electron chi connectivity index (χ1n) is 5.30. The highest BCUT2D eigenvalue weighted by Gasteiger charge is 2.40. The van der Waals surface area contributed by atoms with Gasteiger partial charge in [-0.2, -0.15) is 13.2 Å². The number of halogens is 3. The van der Waals surface area contributed by atoms with Crippen molar-refractivity contribution in [2.75, 3.05) is 0 Å². The van der Waals surface area contributed by atoms with Crippen LogP contribution in [0.1, 0.15) is 23.5 Å². The van der Waals surface area contributed by atoms with E-state index in [9.17, 15) is 32.9 Å². The van der Waals surface area contributed by atoms with Crippen molar-refractivity contribution in [3.05, 3.63) is 39.4 Å². The quantitative estimate of drug-likeness (QED) is 0.360. The second kappa shape index (κ2) is 4.58. The van der Waals surface area contributed by atoms with Crippen LogP contribution in [0.3, 0.4) is 0 Å². The lowest BCUT2D eigenvalue weighted by molar-refractivity contribution is -0.385. The Bertz CT molecular complexity index is 611. The second-order valence-corrected chi connectivity index (χ2v) is 4.08. The number of rotatable bonds is 2. The number of carbonyl (C=O) groups is 2. The van der Waals surface area contributed by atoms with Crippen LogP contribution < -0.4 is 0 Å². The highest BCUT2D eigenvalue weighted by molar-refractivity contribution is 5.98. The molecule has 0 aliphatic carbocycles. The molecule has 9 heteroatoms. The van der Waals surface area contributed by atoms with Crippen LogP contribution in [0.15, 0.2) is 18.2 Å². The second-order valence-electron chi connectivity index (χ2n) is 4.08. The number of esters is 2. The van der Waals surface area contributed by atoms with Gasteiger partial charge in [-0.3, -0.25) is 19.7 Å². The number of nitro groups is 1. The molecule has 0 amide bonds. The average molecular weight is 289 g/mol. The third kappa shape index (κ3) is 2.46. The van der Waals surface area contributed by atoms with Crippen molar-refractivity contribution in [2.24, 2.45) is 0 Å². The molecule has 1 unspecified atom stereocenters. The van der Waals surface area contributed by atoms with Gasteiger partial charge in [0.2, 0.25) is 0 Å². The Kier molecular flexibility index (Phi) is 3.20. The zero-order valence-corrected chi connectivity index (χ0v) is 9.64. The van der Waals surface area contributed by atoms with Gasteiger partial charge < -0.3 is 4.74 Å². The predicted molar refractivity (Wildman–Crippen MR) is 56.6 cm³/mol. The van der Waals surface area contributed by atoms with Crippen molar-refractivity contribution in [1.29, 1.82) is 0 Å². The van der Waals surface area contributed by atoms with Crippen LogP contribution in [0.4, 0.5) is 18.9 Å². The summed E-state index contributed by atoms with van der Waals surface area (Å²) in [5.41, 5.74) is -2.33. The SMILES string of the molecule is O=C1CC(c2ccc(C(F)(F)F)cc2[N+](=O)[O-])C(=O)O1. The molecule has 20 heavy (non-hydrogen) atoms. The monoisotopic (exact) mass is 289 g/mol. The van der Waals surface area contributed by atoms with Crippen molar-refractivity contribution in [1.82, 2.24) is 0 Å². The van der Waals surface area contributed by atoms with Gasteiger partial charge in [-0.05, 0) is 6.07 Å². The fourth-order valence-electron chi connectivity index (χ4n) is 1.88. The number of benzene rings is 1. The number of hydrogen-bond acceptors (Lipinski definition) is 5. The molecule has 1 fully saturated rings. The molecule has 0 radical (unpaired) electrons. The molecule has 0 aromatic heterocycles. The van der Waals surface area contributed by atoms with Crippen molar-refractivity contribution >= 4 is 17.6 Å². The lowest BCUT2D eigenvalue weighted by Gasteiger charge is -2.10. The molecule has 1 heterocycles. The molecule has 2 rings (SSSR count). The van der Waals surface area contributed by atoms with Crippen LogP contribution in [0, 0.1) is 10.1 Å². The van der Waals surface area contributed by atoms with Gasteiger partial charge in [0.1, 0.15) is 0 Å². The first kappa shape index (κ1) is 14.0. The van der Waals surface area contributed by atoms with E-state index in [-0.39, 0.29) is 5.56 Å². The van der Waals surface area contributed by atoms with Crippen molar-refractivity contribution in [3.8, 4) is 0 Å². The van der Waals surface area contributed by atoms with Crippen LogP contribution >= 0.6 is 0 Å². The number of carbonyl (C=O) groups excluding carboxylic acids is 2. The zero-order chi connectivity index (χ0) is 15.1. The van der Waals surface area contributed by atoms with E-state index in [0.29, 0.717) is 12.1 Å². The van der Waals surface area contributed by atoms with Crippen molar-refractivity contribution < 1.29 is 32.4 Å². The number of nitrogens with zero attached hydrogens (tertiary/aromatic N) is 1. The first-order valence-corrected chi connectivity index (χ1v) is 5.30. The van der Waals surface area contributed by atoms with Gasteiger partial charge in [0.15, 0.2) is 0 Å². The van der Waals surface area contributed by atoms with Crippen molar-refractivity contribution in [3.63, 3.8) is 0 Å². The molecule has 1 aromatic rings. The number of cyclic esters (lactones) is 2. The van der Waals surface area contributed by atoms with Crippen molar-refractivity contribution in [2.45, 2.75) is 18.5 Å². The average Bonchev–Trinajstić information content (AvgIpc) is 2.66. The van der Waals surface area contributed by atoms with Gasteiger partial charge >= 0.3 is 18.1 Å². The largest absolute Gasteiger partial charge is 0.416 e. The highest BCUT2D eigenvalue weighted by atomic mass is 19.4.